The molecule has 1 atom stereocenters. The van der Waals surface area contributed by atoms with E-state index in [0.717, 1.165) is 54.6 Å². The minimum absolute atomic E-state index is 0.0838. The Morgan fingerprint density at radius 2 is 2.09 bits per heavy atom. The number of rotatable bonds is 6. The Kier molecular flexibility index (Phi) is 5.55. The molecule has 5 rings (SSSR count). The second kappa shape index (κ2) is 8.37. The summed E-state index contributed by atoms with van der Waals surface area (Å²) in [5, 5.41) is 0.493. The number of carbonyl (C=O) groups excluding carboxylic acids is 1. The topological polar surface area (TPSA) is 83.6 Å². The number of fused-ring (bicyclic) bond motifs is 2. The molecule has 3 aromatic rings. The van der Waals surface area contributed by atoms with Gasteiger partial charge >= 0.3 is 5.97 Å². The smallest absolute Gasteiger partial charge is 0.343 e. The van der Waals surface area contributed by atoms with Gasteiger partial charge in [-0.1, -0.05) is 0 Å². The van der Waals surface area contributed by atoms with Gasteiger partial charge in [-0.15, -0.1) is 11.3 Å². The molecular formula is C25H28N2O4S. The van der Waals surface area contributed by atoms with Crippen molar-refractivity contribution < 1.29 is 14.3 Å². The number of hydrogen-bond donors (Lipinski definition) is 1. The van der Waals surface area contributed by atoms with Crippen LogP contribution in [-0.2, 0) is 17.6 Å². The Morgan fingerprint density at radius 1 is 1.28 bits per heavy atom. The lowest BCUT2D eigenvalue weighted by atomic mass is 9.88. The van der Waals surface area contributed by atoms with Gasteiger partial charge in [-0.25, -0.2) is 4.79 Å². The number of benzene rings is 1. The fourth-order valence-electron chi connectivity index (χ4n) is 4.75. The average molecular weight is 453 g/mol. The lowest BCUT2D eigenvalue weighted by Gasteiger charge is -2.19. The number of aromatic nitrogens is 1. The second-order valence-corrected chi connectivity index (χ2v) is 9.81. The summed E-state index contributed by atoms with van der Waals surface area (Å²) in [7, 11) is 1.65. The van der Waals surface area contributed by atoms with Gasteiger partial charge in [-0.2, -0.15) is 0 Å². The molecule has 7 heteroatoms. The molecule has 6 nitrogen and oxygen atoms in total. The SMILES string of the molecule is CCOC(=O)c1cn(C2CC2)c2c(OC)c(-c3cc4c(s3)CCC(CN)C4)ccc2c1=O. The zero-order valence-corrected chi connectivity index (χ0v) is 19.3. The van der Waals surface area contributed by atoms with E-state index in [0.29, 0.717) is 17.1 Å². The summed E-state index contributed by atoms with van der Waals surface area (Å²) in [6.07, 6.45) is 6.91. The van der Waals surface area contributed by atoms with Crippen molar-refractivity contribution in [2.24, 2.45) is 11.7 Å². The summed E-state index contributed by atoms with van der Waals surface area (Å²) in [6, 6.07) is 6.31. The van der Waals surface area contributed by atoms with Crippen molar-refractivity contribution >= 4 is 28.2 Å². The van der Waals surface area contributed by atoms with Crippen LogP contribution in [0.15, 0.2) is 29.2 Å². The molecular weight excluding hydrogens is 424 g/mol. The number of aryl methyl sites for hydroxylation is 1. The lowest BCUT2D eigenvalue weighted by molar-refractivity contribution is 0.0524. The quantitative estimate of drug-likeness (QED) is 0.564. The Balaban J connectivity index is 1.69. The van der Waals surface area contributed by atoms with Gasteiger partial charge in [0.15, 0.2) is 5.75 Å². The standard InChI is InChI=1S/C25H28N2O4S/c1-3-31-25(29)19-13-27(16-5-6-16)22-18(23(19)28)8-7-17(24(22)30-2)21-11-15-10-14(12-26)4-9-20(15)32-21/h7-8,11,13-14,16H,3-6,9-10,12,26H2,1-2H3. The second-order valence-electron chi connectivity index (χ2n) is 8.68. The van der Waals surface area contributed by atoms with Gasteiger partial charge in [-0.05, 0) is 75.3 Å². The van der Waals surface area contributed by atoms with Crippen LogP contribution in [0.5, 0.6) is 5.75 Å². The number of carbonyl (C=O) groups is 1. The van der Waals surface area contributed by atoms with E-state index in [9.17, 15) is 9.59 Å². The Labute approximate surface area is 190 Å². The molecule has 2 aliphatic rings. The summed E-state index contributed by atoms with van der Waals surface area (Å²) >= 11 is 1.81. The molecule has 0 amide bonds. The monoisotopic (exact) mass is 452 g/mol. The van der Waals surface area contributed by atoms with Crippen LogP contribution in [0.4, 0.5) is 0 Å². The molecule has 0 saturated heterocycles. The van der Waals surface area contributed by atoms with Crippen molar-refractivity contribution in [3.05, 3.63) is 50.6 Å². The number of nitrogens with zero attached hydrogens (tertiary/aromatic N) is 1. The van der Waals surface area contributed by atoms with E-state index in [1.165, 1.54) is 10.4 Å². The molecule has 0 radical (unpaired) electrons. The fraction of sp³-hybridized carbons (Fsp3) is 0.440. The minimum Gasteiger partial charge on any atom is -0.494 e. The van der Waals surface area contributed by atoms with Crippen LogP contribution in [0.25, 0.3) is 21.3 Å². The van der Waals surface area contributed by atoms with Gasteiger partial charge in [0.05, 0.1) is 24.6 Å². The molecule has 1 unspecified atom stereocenters. The normalized spacial score (nSPS) is 17.9. The van der Waals surface area contributed by atoms with Crippen LogP contribution in [-0.4, -0.2) is 30.8 Å². The van der Waals surface area contributed by atoms with Crippen LogP contribution in [0.1, 0.15) is 53.0 Å². The maximum Gasteiger partial charge on any atom is 0.343 e. The van der Waals surface area contributed by atoms with E-state index in [2.05, 4.69) is 6.07 Å². The van der Waals surface area contributed by atoms with Gasteiger partial charge in [0.2, 0.25) is 5.43 Å². The molecule has 2 aromatic heterocycles. The van der Waals surface area contributed by atoms with Gasteiger partial charge in [0.25, 0.3) is 0 Å². The number of nitrogens with two attached hydrogens (primary N) is 1. The molecule has 168 valence electrons. The Bertz CT molecular complexity index is 1260. The van der Waals surface area contributed by atoms with Gasteiger partial charge < -0.3 is 19.8 Å². The predicted octanol–water partition coefficient (Wildman–Crippen LogP) is 4.31. The molecule has 2 aliphatic carbocycles. The van der Waals surface area contributed by atoms with Crippen molar-refractivity contribution in [3.63, 3.8) is 0 Å². The molecule has 1 aromatic carbocycles. The number of thiophene rings is 1. The molecule has 0 bridgehead atoms. The molecule has 1 fully saturated rings. The zero-order chi connectivity index (χ0) is 22.4. The van der Waals surface area contributed by atoms with E-state index in [4.69, 9.17) is 15.2 Å². The van der Waals surface area contributed by atoms with Gasteiger partial charge in [0, 0.05) is 27.6 Å². The maximum atomic E-state index is 13.2. The highest BCUT2D eigenvalue weighted by atomic mass is 32.1. The first-order valence-corrected chi connectivity index (χ1v) is 12.1. The van der Waals surface area contributed by atoms with E-state index in [1.54, 1.807) is 31.6 Å². The highest BCUT2D eigenvalue weighted by Crippen LogP contribution is 2.45. The van der Waals surface area contributed by atoms with Crippen molar-refractivity contribution in [2.75, 3.05) is 20.3 Å². The van der Waals surface area contributed by atoms with Crippen LogP contribution in [0, 0.1) is 5.92 Å². The molecule has 2 heterocycles. The zero-order valence-electron chi connectivity index (χ0n) is 18.5. The number of pyridine rings is 1. The molecule has 2 N–H and O–H groups in total. The summed E-state index contributed by atoms with van der Waals surface area (Å²) in [5.74, 6) is 0.665. The van der Waals surface area contributed by atoms with E-state index < -0.39 is 5.97 Å². The van der Waals surface area contributed by atoms with Crippen molar-refractivity contribution in [2.45, 2.75) is 45.1 Å². The third kappa shape index (κ3) is 3.53. The van der Waals surface area contributed by atoms with Gasteiger partial charge in [-0.3, -0.25) is 4.79 Å². The van der Waals surface area contributed by atoms with E-state index in [1.807, 2.05) is 16.7 Å². The van der Waals surface area contributed by atoms with E-state index >= 15 is 0 Å². The van der Waals surface area contributed by atoms with Gasteiger partial charge in [0.1, 0.15) is 5.56 Å². The average Bonchev–Trinajstić information content (AvgIpc) is 3.56. The van der Waals surface area contributed by atoms with Crippen LogP contribution in [0.3, 0.4) is 0 Å². The first kappa shape index (κ1) is 21.2. The van der Waals surface area contributed by atoms with Crippen LogP contribution < -0.4 is 15.9 Å². The number of esters is 1. The first-order chi connectivity index (χ1) is 15.5. The van der Waals surface area contributed by atoms with Crippen LogP contribution >= 0.6 is 11.3 Å². The number of hydrogen-bond acceptors (Lipinski definition) is 6. The summed E-state index contributed by atoms with van der Waals surface area (Å²) in [6.45, 7) is 2.69. The number of methoxy groups -OCH3 is 1. The summed E-state index contributed by atoms with van der Waals surface area (Å²) < 4.78 is 13.1. The molecule has 0 aliphatic heterocycles. The molecule has 0 spiro atoms. The predicted molar refractivity (Wildman–Crippen MR) is 127 cm³/mol. The van der Waals surface area contributed by atoms with Crippen molar-refractivity contribution in [3.8, 4) is 16.2 Å². The van der Waals surface area contributed by atoms with Crippen molar-refractivity contribution in [1.29, 1.82) is 0 Å². The summed E-state index contributed by atoms with van der Waals surface area (Å²) in [4.78, 5) is 28.2. The third-order valence-electron chi connectivity index (χ3n) is 6.57. The summed E-state index contributed by atoms with van der Waals surface area (Å²) in [5.41, 5.74) is 8.83. The molecule has 1 saturated carbocycles. The minimum atomic E-state index is -0.572. The highest BCUT2D eigenvalue weighted by molar-refractivity contribution is 7.15. The van der Waals surface area contributed by atoms with E-state index in [-0.39, 0.29) is 23.6 Å². The first-order valence-electron chi connectivity index (χ1n) is 11.3. The lowest BCUT2D eigenvalue weighted by Crippen LogP contribution is -2.21. The molecule has 32 heavy (non-hydrogen) atoms. The maximum absolute atomic E-state index is 13.2. The number of ether oxygens (including phenoxy) is 2. The highest BCUT2D eigenvalue weighted by Gasteiger charge is 2.30. The van der Waals surface area contributed by atoms with Crippen LogP contribution in [0.2, 0.25) is 0 Å². The van der Waals surface area contributed by atoms with Crippen molar-refractivity contribution in [1.82, 2.24) is 4.57 Å². The Morgan fingerprint density at radius 3 is 2.78 bits per heavy atom. The third-order valence-corrected chi connectivity index (χ3v) is 7.84. The fourth-order valence-corrected chi connectivity index (χ4v) is 5.98. The largest absolute Gasteiger partial charge is 0.494 e. The Hall–Kier alpha value is -2.64.